The zero-order valence-electron chi connectivity index (χ0n) is 12.1. The first-order chi connectivity index (χ1) is 9.19. The Morgan fingerprint density at radius 1 is 1.25 bits per heavy atom. The molecule has 6 heteroatoms. The van der Waals surface area contributed by atoms with Gasteiger partial charge in [0.2, 0.25) is 0 Å². The number of nitrogens with zero attached hydrogens (tertiary/aromatic N) is 1. The first kappa shape index (κ1) is 14.8. The van der Waals surface area contributed by atoms with Gasteiger partial charge in [-0.1, -0.05) is 6.92 Å². The van der Waals surface area contributed by atoms with Gasteiger partial charge in [-0.05, 0) is 39.3 Å². The zero-order chi connectivity index (χ0) is 15.1. The molecule has 1 aliphatic rings. The van der Waals surface area contributed by atoms with Crippen LogP contribution in [0.15, 0.2) is 23.1 Å². The molecule has 1 aromatic carbocycles. The highest BCUT2D eigenvalue weighted by atomic mass is 32.2. The molecule has 0 saturated carbocycles. The van der Waals surface area contributed by atoms with Crippen LogP contribution < -0.4 is 4.74 Å². The first-order valence-electron chi connectivity index (χ1n) is 6.56. The average Bonchev–Trinajstić information content (AvgIpc) is 2.53. The molecular weight excluding hydrogens is 278 g/mol. The molecule has 0 aliphatic carbocycles. The van der Waals surface area contributed by atoms with Gasteiger partial charge in [0.15, 0.2) is 0 Å². The summed E-state index contributed by atoms with van der Waals surface area (Å²) in [5.74, 6) is -0.00715. The molecule has 0 atom stereocenters. The van der Waals surface area contributed by atoms with Gasteiger partial charge in [0, 0.05) is 6.07 Å². The topological polar surface area (TPSA) is 63.7 Å². The SMILES string of the molecule is CCCOc1ccc2c(c1)S(=O)(=O)N(C(C)(C)C)C2=O. The van der Waals surface area contributed by atoms with Crippen LogP contribution in [0.3, 0.4) is 0 Å². The quantitative estimate of drug-likeness (QED) is 0.859. The van der Waals surface area contributed by atoms with E-state index in [1.807, 2.05) is 6.92 Å². The molecule has 0 saturated heterocycles. The molecule has 0 N–H and O–H groups in total. The van der Waals surface area contributed by atoms with Crippen LogP contribution in [0.1, 0.15) is 44.5 Å². The number of benzene rings is 1. The second-order valence-electron chi connectivity index (χ2n) is 5.75. The van der Waals surface area contributed by atoms with Crippen LogP contribution in [0.2, 0.25) is 0 Å². The van der Waals surface area contributed by atoms with Crippen molar-refractivity contribution in [2.24, 2.45) is 0 Å². The summed E-state index contributed by atoms with van der Waals surface area (Å²) in [7, 11) is -3.80. The number of hydrogen-bond donors (Lipinski definition) is 0. The molecule has 2 rings (SSSR count). The van der Waals surface area contributed by atoms with E-state index in [1.54, 1.807) is 26.8 Å². The van der Waals surface area contributed by atoms with Gasteiger partial charge in [-0.15, -0.1) is 0 Å². The summed E-state index contributed by atoms with van der Waals surface area (Å²) in [5, 5.41) is 0. The fraction of sp³-hybridized carbons (Fsp3) is 0.500. The maximum Gasteiger partial charge on any atom is 0.269 e. The molecule has 1 aliphatic heterocycles. The van der Waals surface area contributed by atoms with E-state index in [0.717, 1.165) is 10.7 Å². The second kappa shape index (κ2) is 4.77. The molecular formula is C14H19NO4S. The smallest absolute Gasteiger partial charge is 0.269 e. The van der Waals surface area contributed by atoms with Crippen LogP contribution in [0.25, 0.3) is 0 Å². The minimum Gasteiger partial charge on any atom is -0.494 e. The molecule has 0 spiro atoms. The molecule has 0 fully saturated rings. The van der Waals surface area contributed by atoms with Crippen molar-refractivity contribution in [2.45, 2.75) is 44.6 Å². The molecule has 0 unspecified atom stereocenters. The van der Waals surface area contributed by atoms with Crippen LogP contribution in [0, 0.1) is 0 Å². The molecule has 1 aromatic rings. The van der Waals surface area contributed by atoms with Crippen molar-refractivity contribution in [3.05, 3.63) is 23.8 Å². The number of amides is 1. The van der Waals surface area contributed by atoms with Gasteiger partial charge in [0.05, 0.1) is 17.7 Å². The highest BCUT2D eigenvalue weighted by Crippen LogP contribution is 2.37. The van der Waals surface area contributed by atoms with E-state index < -0.39 is 21.5 Å². The van der Waals surface area contributed by atoms with Gasteiger partial charge >= 0.3 is 0 Å². The maximum absolute atomic E-state index is 12.5. The van der Waals surface area contributed by atoms with Gasteiger partial charge in [-0.3, -0.25) is 4.79 Å². The van der Waals surface area contributed by atoms with E-state index >= 15 is 0 Å². The third kappa shape index (κ3) is 2.28. The monoisotopic (exact) mass is 297 g/mol. The summed E-state index contributed by atoms with van der Waals surface area (Å²) in [6.45, 7) is 7.57. The van der Waals surface area contributed by atoms with E-state index in [1.165, 1.54) is 12.1 Å². The summed E-state index contributed by atoms with van der Waals surface area (Å²) in [6, 6.07) is 4.59. The Labute approximate surface area is 119 Å². The Kier molecular flexibility index (Phi) is 3.54. The van der Waals surface area contributed by atoms with Crippen LogP contribution in [0.5, 0.6) is 5.75 Å². The molecule has 20 heavy (non-hydrogen) atoms. The standard InChI is InChI=1S/C14H19NO4S/c1-5-8-19-10-6-7-11-12(9-10)20(17,18)15(13(11)16)14(2,3)4/h6-7,9H,5,8H2,1-4H3. The highest BCUT2D eigenvalue weighted by molar-refractivity contribution is 7.90. The molecule has 0 aromatic heterocycles. The fourth-order valence-electron chi connectivity index (χ4n) is 2.18. The first-order valence-corrected chi connectivity index (χ1v) is 8.00. The third-order valence-electron chi connectivity index (χ3n) is 2.97. The van der Waals surface area contributed by atoms with Crippen LogP contribution in [-0.4, -0.2) is 30.8 Å². The Morgan fingerprint density at radius 2 is 1.90 bits per heavy atom. The fourth-order valence-corrected chi connectivity index (χ4v) is 4.12. The van der Waals surface area contributed by atoms with E-state index in [9.17, 15) is 13.2 Å². The lowest BCUT2D eigenvalue weighted by Gasteiger charge is -2.29. The number of hydrogen-bond acceptors (Lipinski definition) is 4. The van der Waals surface area contributed by atoms with Crippen LogP contribution in [-0.2, 0) is 10.0 Å². The lowest BCUT2D eigenvalue weighted by molar-refractivity contribution is 0.0788. The van der Waals surface area contributed by atoms with Crippen molar-refractivity contribution in [3.63, 3.8) is 0 Å². The highest BCUT2D eigenvalue weighted by Gasteiger charge is 2.46. The van der Waals surface area contributed by atoms with Crippen molar-refractivity contribution in [1.29, 1.82) is 0 Å². The van der Waals surface area contributed by atoms with Crippen molar-refractivity contribution in [2.75, 3.05) is 6.61 Å². The largest absolute Gasteiger partial charge is 0.494 e. The lowest BCUT2D eigenvalue weighted by Crippen LogP contribution is -2.45. The van der Waals surface area contributed by atoms with Crippen LogP contribution in [0.4, 0.5) is 0 Å². The molecule has 5 nitrogen and oxygen atoms in total. The Balaban J connectivity index is 2.52. The van der Waals surface area contributed by atoms with E-state index in [4.69, 9.17) is 4.74 Å². The summed E-state index contributed by atoms with van der Waals surface area (Å²) in [5.41, 5.74) is -0.580. The van der Waals surface area contributed by atoms with Gasteiger partial charge in [-0.2, -0.15) is 0 Å². The molecule has 0 bridgehead atoms. The number of ether oxygens (including phenoxy) is 1. The maximum atomic E-state index is 12.5. The third-order valence-corrected chi connectivity index (χ3v) is 5.06. The van der Waals surface area contributed by atoms with E-state index in [-0.39, 0.29) is 10.5 Å². The van der Waals surface area contributed by atoms with Crippen molar-refractivity contribution in [3.8, 4) is 5.75 Å². The van der Waals surface area contributed by atoms with Crippen molar-refractivity contribution in [1.82, 2.24) is 4.31 Å². The summed E-state index contributed by atoms with van der Waals surface area (Å²) >= 11 is 0. The number of fused-ring (bicyclic) bond motifs is 1. The number of carbonyl (C=O) groups is 1. The predicted molar refractivity (Wildman–Crippen MR) is 75.3 cm³/mol. The Hall–Kier alpha value is -1.56. The number of sulfonamides is 1. The van der Waals surface area contributed by atoms with Gasteiger partial charge < -0.3 is 4.74 Å². The molecule has 0 radical (unpaired) electrons. The van der Waals surface area contributed by atoms with Gasteiger partial charge in [0.25, 0.3) is 15.9 Å². The van der Waals surface area contributed by atoms with Crippen molar-refractivity contribution < 1.29 is 17.9 Å². The second-order valence-corrected chi connectivity index (χ2v) is 7.51. The van der Waals surface area contributed by atoms with E-state index in [0.29, 0.717) is 12.4 Å². The van der Waals surface area contributed by atoms with Crippen LogP contribution >= 0.6 is 0 Å². The Bertz CT molecular complexity index is 644. The minimum atomic E-state index is -3.80. The number of rotatable bonds is 3. The Morgan fingerprint density at radius 3 is 2.45 bits per heavy atom. The number of carbonyl (C=O) groups excluding carboxylic acids is 1. The molecule has 1 amide bonds. The minimum absolute atomic E-state index is 0.0334. The lowest BCUT2D eigenvalue weighted by atomic mass is 10.1. The van der Waals surface area contributed by atoms with Crippen molar-refractivity contribution >= 4 is 15.9 Å². The van der Waals surface area contributed by atoms with Gasteiger partial charge in [0.1, 0.15) is 10.6 Å². The summed E-state index contributed by atoms with van der Waals surface area (Å²) in [4.78, 5) is 12.3. The summed E-state index contributed by atoms with van der Waals surface area (Å²) in [6.07, 6.45) is 0.830. The average molecular weight is 297 g/mol. The molecule has 110 valence electrons. The predicted octanol–water partition coefficient (Wildman–Crippen LogP) is 2.42. The summed E-state index contributed by atoms with van der Waals surface area (Å²) < 4.78 is 31.4. The van der Waals surface area contributed by atoms with Gasteiger partial charge in [-0.25, -0.2) is 12.7 Å². The normalized spacial score (nSPS) is 17.2. The zero-order valence-corrected chi connectivity index (χ0v) is 13.0. The van der Waals surface area contributed by atoms with E-state index in [2.05, 4.69) is 0 Å². The molecule has 1 heterocycles.